The van der Waals surface area contributed by atoms with Gasteiger partial charge in [0, 0.05) is 25.9 Å². The smallest absolute Gasteiger partial charge is 0.306 e. The van der Waals surface area contributed by atoms with E-state index in [0.29, 0.717) is 19.4 Å². The highest BCUT2D eigenvalue weighted by Crippen LogP contribution is 2.18. The molecule has 0 radical (unpaired) electrons. The molecular weight excluding hydrogens is 608 g/mol. The molecular formula is C43H86N2O4. The van der Waals surface area contributed by atoms with Gasteiger partial charge >= 0.3 is 11.9 Å². The molecule has 0 unspecified atom stereocenters. The lowest BCUT2D eigenvalue weighted by molar-refractivity contribution is -0.150. The molecule has 6 heteroatoms. The van der Waals surface area contributed by atoms with Crippen molar-refractivity contribution >= 4 is 11.9 Å². The van der Waals surface area contributed by atoms with Crippen LogP contribution in [-0.2, 0) is 19.1 Å². The molecule has 0 atom stereocenters. The molecule has 0 aromatic rings. The second-order valence-electron chi connectivity index (χ2n) is 14.8. The van der Waals surface area contributed by atoms with E-state index in [1.165, 1.54) is 135 Å². The third-order valence-electron chi connectivity index (χ3n) is 9.96. The average Bonchev–Trinajstić information content (AvgIpc) is 3.10. The van der Waals surface area contributed by atoms with Crippen LogP contribution in [0.3, 0.4) is 0 Å². The fourth-order valence-corrected chi connectivity index (χ4v) is 6.65. The van der Waals surface area contributed by atoms with E-state index < -0.39 is 0 Å². The Balaban J connectivity index is 4.10. The maximum atomic E-state index is 12.8. The van der Waals surface area contributed by atoms with Crippen molar-refractivity contribution in [3.05, 3.63) is 0 Å². The Kier molecular flexibility index (Phi) is 38.7. The number of likely N-dealkylation sites (N-methyl/N-ethyl adjacent to an activating group) is 1. The lowest BCUT2D eigenvalue weighted by atomic mass is 10.0. The van der Waals surface area contributed by atoms with Gasteiger partial charge in [-0.05, 0) is 77.9 Å². The Hall–Kier alpha value is -1.14. The molecule has 292 valence electrons. The van der Waals surface area contributed by atoms with E-state index in [4.69, 9.17) is 9.47 Å². The van der Waals surface area contributed by atoms with Crippen LogP contribution in [0.1, 0.15) is 220 Å². The SMILES string of the molecule is CCCCCCCCCOC(=O)CCCCCCCN(CCCCCC(=O)OC(CCCCCCCC)CCCCCCCC)CCNC. The highest BCUT2D eigenvalue weighted by molar-refractivity contribution is 5.69. The summed E-state index contributed by atoms with van der Waals surface area (Å²) in [6.07, 6.45) is 36.3. The van der Waals surface area contributed by atoms with Gasteiger partial charge < -0.3 is 19.7 Å². The minimum absolute atomic E-state index is 0.0152. The number of nitrogens with zero attached hydrogens (tertiary/aromatic N) is 1. The molecule has 0 spiro atoms. The topological polar surface area (TPSA) is 67.9 Å². The van der Waals surface area contributed by atoms with Crippen LogP contribution in [0, 0.1) is 0 Å². The van der Waals surface area contributed by atoms with Crippen molar-refractivity contribution in [3.8, 4) is 0 Å². The van der Waals surface area contributed by atoms with Gasteiger partial charge in [-0.25, -0.2) is 0 Å². The molecule has 0 amide bonds. The van der Waals surface area contributed by atoms with Gasteiger partial charge in [0.1, 0.15) is 6.10 Å². The molecule has 0 aromatic carbocycles. The summed E-state index contributed by atoms with van der Waals surface area (Å²) in [6, 6.07) is 0. The highest BCUT2D eigenvalue weighted by atomic mass is 16.5. The fourth-order valence-electron chi connectivity index (χ4n) is 6.65. The Morgan fingerprint density at radius 1 is 0.490 bits per heavy atom. The molecule has 0 aliphatic heterocycles. The van der Waals surface area contributed by atoms with Crippen LogP contribution in [0.5, 0.6) is 0 Å². The molecule has 0 saturated carbocycles. The van der Waals surface area contributed by atoms with Crippen molar-refractivity contribution < 1.29 is 19.1 Å². The summed E-state index contributed by atoms with van der Waals surface area (Å²) in [6.45, 7) is 11.7. The molecule has 0 saturated heterocycles. The lowest BCUT2D eigenvalue weighted by Crippen LogP contribution is -2.32. The number of hydrogen-bond donors (Lipinski definition) is 1. The molecule has 1 N–H and O–H groups in total. The predicted molar refractivity (Wildman–Crippen MR) is 211 cm³/mol. The third kappa shape index (κ3) is 36.5. The van der Waals surface area contributed by atoms with Gasteiger partial charge in [0.25, 0.3) is 0 Å². The minimum Gasteiger partial charge on any atom is -0.466 e. The summed E-state index contributed by atoms with van der Waals surface area (Å²) in [5, 5.41) is 3.30. The first kappa shape index (κ1) is 47.9. The Labute approximate surface area is 306 Å². The van der Waals surface area contributed by atoms with E-state index in [0.717, 1.165) is 77.5 Å². The number of rotatable bonds is 40. The second-order valence-corrected chi connectivity index (χ2v) is 14.8. The van der Waals surface area contributed by atoms with Crippen LogP contribution in [0.4, 0.5) is 0 Å². The zero-order valence-electron chi connectivity index (χ0n) is 33.6. The standard InChI is InChI=1S/C43H86N2O4/c1-5-8-11-14-17-23-31-40-48-42(46)34-27-21-18-22-29-37-45(39-36-44-4)38-30-24-28-35-43(47)49-41(32-25-19-15-12-9-6-2)33-26-20-16-13-10-7-3/h41,44H,5-40H2,1-4H3. The first-order chi connectivity index (χ1) is 24.1. The van der Waals surface area contributed by atoms with Gasteiger partial charge in [0.05, 0.1) is 6.61 Å². The van der Waals surface area contributed by atoms with Crippen LogP contribution in [-0.4, -0.2) is 62.8 Å². The molecule has 0 fully saturated rings. The van der Waals surface area contributed by atoms with Crippen molar-refractivity contribution in [2.75, 3.05) is 39.8 Å². The fraction of sp³-hybridized carbons (Fsp3) is 0.953. The molecule has 0 heterocycles. The van der Waals surface area contributed by atoms with Gasteiger partial charge in [-0.1, -0.05) is 149 Å². The predicted octanol–water partition coefficient (Wildman–Crippen LogP) is 12.1. The number of hydrogen-bond acceptors (Lipinski definition) is 6. The Bertz CT molecular complexity index is 673. The van der Waals surface area contributed by atoms with Gasteiger partial charge in [-0.2, -0.15) is 0 Å². The van der Waals surface area contributed by atoms with E-state index in [1.54, 1.807) is 0 Å². The van der Waals surface area contributed by atoms with E-state index in [-0.39, 0.29) is 18.0 Å². The summed E-state index contributed by atoms with van der Waals surface area (Å²) in [5.74, 6) is 0.00840. The van der Waals surface area contributed by atoms with Crippen LogP contribution in [0.15, 0.2) is 0 Å². The maximum Gasteiger partial charge on any atom is 0.306 e. The normalized spacial score (nSPS) is 11.6. The summed E-state index contributed by atoms with van der Waals surface area (Å²) in [7, 11) is 2.02. The number of unbranched alkanes of at least 4 members (excludes halogenated alkanes) is 22. The highest BCUT2D eigenvalue weighted by Gasteiger charge is 2.14. The average molecular weight is 695 g/mol. The van der Waals surface area contributed by atoms with E-state index >= 15 is 0 Å². The second kappa shape index (κ2) is 39.6. The largest absolute Gasteiger partial charge is 0.466 e. The van der Waals surface area contributed by atoms with Gasteiger partial charge in [-0.15, -0.1) is 0 Å². The van der Waals surface area contributed by atoms with Crippen molar-refractivity contribution in [1.82, 2.24) is 10.2 Å². The number of esters is 2. The van der Waals surface area contributed by atoms with Crippen LogP contribution < -0.4 is 5.32 Å². The molecule has 0 aliphatic carbocycles. The van der Waals surface area contributed by atoms with Gasteiger partial charge in [0.2, 0.25) is 0 Å². The van der Waals surface area contributed by atoms with Crippen LogP contribution >= 0.6 is 0 Å². The molecule has 6 nitrogen and oxygen atoms in total. The number of carbonyl (C=O) groups is 2. The maximum absolute atomic E-state index is 12.8. The zero-order chi connectivity index (χ0) is 35.9. The van der Waals surface area contributed by atoms with E-state index in [9.17, 15) is 9.59 Å². The summed E-state index contributed by atoms with van der Waals surface area (Å²) in [5.41, 5.74) is 0. The zero-order valence-corrected chi connectivity index (χ0v) is 33.6. The first-order valence-corrected chi connectivity index (χ1v) is 21.8. The number of nitrogens with one attached hydrogen (secondary N) is 1. The van der Waals surface area contributed by atoms with Gasteiger partial charge in [0.15, 0.2) is 0 Å². The van der Waals surface area contributed by atoms with Crippen molar-refractivity contribution in [1.29, 1.82) is 0 Å². The van der Waals surface area contributed by atoms with Crippen LogP contribution in [0.25, 0.3) is 0 Å². The Morgan fingerprint density at radius 2 is 0.898 bits per heavy atom. The van der Waals surface area contributed by atoms with Crippen molar-refractivity contribution in [2.24, 2.45) is 0 Å². The minimum atomic E-state index is -0.0152. The summed E-state index contributed by atoms with van der Waals surface area (Å²) >= 11 is 0. The summed E-state index contributed by atoms with van der Waals surface area (Å²) in [4.78, 5) is 27.4. The third-order valence-corrected chi connectivity index (χ3v) is 9.96. The summed E-state index contributed by atoms with van der Waals surface area (Å²) < 4.78 is 11.5. The molecule has 0 aliphatic rings. The molecule has 0 bridgehead atoms. The monoisotopic (exact) mass is 695 g/mol. The number of carbonyl (C=O) groups excluding carboxylic acids is 2. The lowest BCUT2D eigenvalue weighted by Gasteiger charge is -2.22. The van der Waals surface area contributed by atoms with Crippen molar-refractivity contribution in [2.45, 2.75) is 226 Å². The molecule has 0 aromatic heterocycles. The van der Waals surface area contributed by atoms with E-state index in [1.807, 2.05) is 7.05 Å². The van der Waals surface area contributed by atoms with Crippen molar-refractivity contribution in [3.63, 3.8) is 0 Å². The number of ether oxygens (including phenoxy) is 2. The first-order valence-electron chi connectivity index (χ1n) is 21.8. The Morgan fingerprint density at radius 3 is 1.41 bits per heavy atom. The quantitative estimate of drug-likeness (QED) is 0.0509. The molecule has 0 rings (SSSR count). The van der Waals surface area contributed by atoms with Gasteiger partial charge in [-0.3, -0.25) is 9.59 Å². The van der Waals surface area contributed by atoms with E-state index in [2.05, 4.69) is 31.0 Å². The molecule has 49 heavy (non-hydrogen) atoms. The van der Waals surface area contributed by atoms with Crippen LogP contribution in [0.2, 0.25) is 0 Å².